The number of fused-ring (bicyclic) bond motifs is 4. The lowest BCUT2D eigenvalue weighted by Crippen LogP contribution is -2.31. The lowest BCUT2D eigenvalue weighted by molar-refractivity contribution is -0.659. The van der Waals surface area contributed by atoms with Gasteiger partial charge in [-0.1, -0.05) is 32.0 Å². The molecule has 3 heteroatoms. The van der Waals surface area contributed by atoms with Gasteiger partial charge in [-0.05, 0) is 66.1 Å². The average Bonchev–Trinajstić information content (AvgIpc) is 3.13. The first-order valence-corrected chi connectivity index (χ1v) is 10.7. The van der Waals surface area contributed by atoms with Gasteiger partial charge in [0.25, 0.3) is 0 Å². The second-order valence-electron chi connectivity index (χ2n) is 8.74. The Hall–Kier alpha value is -3.64. The third-order valence-electron chi connectivity index (χ3n) is 6.49. The minimum absolute atomic E-state index is 0.481. The molecule has 0 saturated carbocycles. The van der Waals surface area contributed by atoms with Gasteiger partial charge in [-0.15, -0.1) is 0 Å². The van der Waals surface area contributed by atoms with Crippen LogP contribution in [0.1, 0.15) is 42.0 Å². The topological polar surface area (TPSA) is 40.8 Å². The zero-order chi connectivity index (χ0) is 21.9. The normalized spacial score (nSPS) is 11.6. The number of benzene rings is 3. The van der Waals surface area contributed by atoms with Crippen molar-refractivity contribution in [1.29, 1.82) is 5.26 Å². The monoisotopic (exact) mass is 405 g/mol. The van der Waals surface area contributed by atoms with E-state index in [0.29, 0.717) is 11.5 Å². The fourth-order valence-corrected chi connectivity index (χ4v) is 4.63. The predicted molar refractivity (Wildman–Crippen MR) is 126 cm³/mol. The number of hydrogen-bond acceptors (Lipinski definition) is 2. The van der Waals surface area contributed by atoms with Crippen molar-refractivity contribution in [2.24, 2.45) is 7.05 Å². The summed E-state index contributed by atoms with van der Waals surface area (Å²) in [6.07, 6.45) is 2.12. The van der Waals surface area contributed by atoms with E-state index in [1.807, 2.05) is 18.2 Å². The molecule has 0 saturated heterocycles. The maximum atomic E-state index is 9.68. The number of aromatic nitrogens is 1. The molecule has 0 aliphatic carbocycles. The van der Waals surface area contributed by atoms with Crippen LogP contribution in [0.3, 0.4) is 0 Å². The van der Waals surface area contributed by atoms with Gasteiger partial charge >= 0.3 is 0 Å². The van der Waals surface area contributed by atoms with Gasteiger partial charge in [0.05, 0.1) is 22.6 Å². The van der Waals surface area contributed by atoms with E-state index < -0.39 is 0 Å². The van der Waals surface area contributed by atoms with E-state index >= 15 is 0 Å². The number of rotatable bonds is 2. The van der Waals surface area contributed by atoms with Crippen LogP contribution in [-0.4, -0.2) is 0 Å². The maximum absolute atomic E-state index is 9.68. The van der Waals surface area contributed by atoms with Crippen LogP contribution in [0, 0.1) is 25.2 Å². The molecule has 3 aromatic carbocycles. The van der Waals surface area contributed by atoms with Crippen molar-refractivity contribution in [1.82, 2.24) is 0 Å². The molecule has 3 nitrogen and oxygen atoms in total. The van der Waals surface area contributed by atoms with Gasteiger partial charge in [0, 0.05) is 16.8 Å². The molecule has 31 heavy (non-hydrogen) atoms. The van der Waals surface area contributed by atoms with Crippen LogP contribution in [0.2, 0.25) is 0 Å². The molecule has 0 bridgehead atoms. The highest BCUT2D eigenvalue weighted by Crippen LogP contribution is 2.41. The molecular formula is C28H25N2O+. The molecule has 0 fully saturated rings. The summed E-state index contributed by atoms with van der Waals surface area (Å²) < 4.78 is 8.60. The molecule has 5 aromatic rings. The Morgan fingerprint density at radius 1 is 1.00 bits per heavy atom. The summed E-state index contributed by atoms with van der Waals surface area (Å²) in [4.78, 5) is 0. The molecule has 0 spiro atoms. The highest BCUT2D eigenvalue weighted by molar-refractivity contribution is 6.14. The Kier molecular flexibility index (Phi) is 4.34. The fraction of sp³-hybridized carbons (Fsp3) is 0.214. The summed E-state index contributed by atoms with van der Waals surface area (Å²) in [5.74, 6) is 0.481. The lowest BCUT2D eigenvalue weighted by Gasteiger charge is -2.12. The van der Waals surface area contributed by atoms with Crippen molar-refractivity contribution >= 4 is 32.7 Å². The Balaban J connectivity index is 1.96. The SMILES string of the molecule is Cc1cc2c(oc3cccc(C#N)c32)c(-c2c3ccc(C(C)C)cc3cc[n+]2C)c1C. The number of hydrogen-bond donors (Lipinski definition) is 0. The van der Waals surface area contributed by atoms with E-state index in [1.54, 1.807) is 0 Å². The number of aryl methyl sites for hydroxylation is 2. The summed E-state index contributed by atoms with van der Waals surface area (Å²) in [7, 11) is 2.09. The van der Waals surface area contributed by atoms with E-state index in [4.69, 9.17) is 4.42 Å². The van der Waals surface area contributed by atoms with E-state index in [1.165, 1.54) is 27.5 Å². The fourth-order valence-electron chi connectivity index (χ4n) is 4.63. The van der Waals surface area contributed by atoms with Gasteiger partial charge in [0.15, 0.2) is 6.20 Å². The highest BCUT2D eigenvalue weighted by atomic mass is 16.3. The molecule has 5 rings (SSSR count). The Labute approximate surface area is 182 Å². The van der Waals surface area contributed by atoms with Crippen molar-refractivity contribution < 1.29 is 8.98 Å². The number of nitriles is 1. The summed E-state index contributed by atoms with van der Waals surface area (Å²) in [5.41, 5.74) is 8.20. The van der Waals surface area contributed by atoms with Crippen molar-refractivity contribution in [3.63, 3.8) is 0 Å². The summed E-state index contributed by atoms with van der Waals surface area (Å²) >= 11 is 0. The Morgan fingerprint density at radius 3 is 2.55 bits per heavy atom. The second-order valence-corrected chi connectivity index (χ2v) is 8.74. The number of pyridine rings is 1. The van der Waals surface area contributed by atoms with Crippen LogP contribution < -0.4 is 4.57 Å². The van der Waals surface area contributed by atoms with Crippen molar-refractivity contribution in [3.05, 3.63) is 77.0 Å². The minimum atomic E-state index is 0.481. The van der Waals surface area contributed by atoms with Crippen LogP contribution in [0.5, 0.6) is 0 Å². The highest BCUT2D eigenvalue weighted by Gasteiger charge is 2.25. The van der Waals surface area contributed by atoms with E-state index in [2.05, 4.69) is 81.9 Å². The molecule has 2 heterocycles. The first-order chi connectivity index (χ1) is 14.9. The van der Waals surface area contributed by atoms with Crippen LogP contribution in [0.15, 0.2) is 59.1 Å². The molecule has 0 aliphatic rings. The van der Waals surface area contributed by atoms with Crippen molar-refractivity contribution in [2.75, 3.05) is 0 Å². The standard InChI is InChI=1S/C28H25N2O/c1-16(2)19-9-10-22-20(14-19)11-12-30(5)27(22)25-18(4)17(3)13-23-26-21(15-29)7-6-8-24(26)31-28(23)25/h6-14,16H,1-5H3/q+1. The van der Waals surface area contributed by atoms with Gasteiger partial charge in [-0.3, -0.25) is 0 Å². The van der Waals surface area contributed by atoms with Crippen LogP contribution in [0.25, 0.3) is 44.0 Å². The molecule has 152 valence electrons. The Morgan fingerprint density at radius 2 is 1.81 bits per heavy atom. The molecule has 0 aliphatic heterocycles. The summed E-state index contributed by atoms with van der Waals surface area (Å²) in [5, 5.41) is 14.0. The van der Waals surface area contributed by atoms with Gasteiger partial charge in [-0.25, -0.2) is 4.57 Å². The quantitative estimate of drug-likeness (QED) is 0.302. The van der Waals surface area contributed by atoms with E-state index in [9.17, 15) is 5.26 Å². The number of furan rings is 1. The number of nitrogens with zero attached hydrogens (tertiary/aromatic N) is 2. The zero-order valence-corrected chi connectivity index (χ0v) is 18.6. The second kappa shape index (κ2) is 6.96. The molecule has 0 N–H and O–H groups in total. The van der Waals surface area contributed by atoms with Gasteiger partial charge in [0.2, 0.25) is 5.69 Å². The largest absolute Gasteiger partial charge is 0.455 e. The molecule has 0 unspecified atom stereocenters. The zero-order valence-electron chi connectivity index (χ0n) is 18.6. The van der Waals surface area contributed by atoms with Crippen LogP contribution in [-0.2, 0) is 7.05 Å². The van der Waals surface area contributed by atoms with Crippen LogP contribution in [0.4, 0.5) is 0 Å². The molecule has 0 atom stereocenters. The molecule has 0 amide bonds. The van der Waals surface area contributed by atoms with Gasteiger partial charge in [0.1, 0.15) is 18.2 Å². The first-order valence-electron chi connectivity index (χ1n) is 10.7. The van der Waals surface area contributed by atoms with Crippen molar-refractivity contribution in [2.45, 2.75) is 33.6 Å². The summed E-state index contributed by atoms with van der Waals surface area (Å²) in [6.45, 7) is 8.73. The van der Waals surface area contributed by atoms with E-state index in [-0.39, 0.29) is 0 Å². The lowest BCUT2D eigenvalue weighted by atomic mass is 9.92. The van der Waals surface area contributed by atoms with Crippen molar-refractivity contribution in [3.8, 4) is 17.3 Å². The minimum Gasteiger partial charge on any atom is -0.455 e. The average molecular weight is 406 g/mol. The molecule has 0 radical (unpaired) electrons. The molecule has 2 aromatic heterocycles. The van der Waals surface area contributed by atoms with E-state index in [0.717, 1.165) is 33.2 Å². The summed E-state index contributed by atoms with van der Waals surface area (Å²) in [6, 6.07) is 19.1. The smallest absolute Gasteiger partial charge is 0.224 e. The third kappa shape index (κ3) is 2.83. The predicted octanol–water partition coefficient (Wildman–Crippen LogP) is 6.84. The maximum Gasteiger partial charge on any atom is 0.224 e. The van der Waals surface area contributed by atoms with Gasteiger partial charge in [-0.2, -0.15) is 5.26 Å². The van der Waals surface area contributed by atoms with Crippen LogP contribution >= 0.6 is 0 Å². The molecular weight excluding hydrogens is 380 g/mol. The Bertz CT molecular complexity index is 1550. The third-order valence-corrected chi connectivity index (χ3v) is 6.49. The first kappa shape index (κ1) is 19.3. The van der Waals surface area contributed by atoms with Gasteiger partial charge < -0.3 is 4.42 Å².